The van der Waals surface area contributed by atoms with Crippen molar-refractivity contribution in [3.8, 4) is 0 Å². The first-order valence-electron chi connectivity index (χ1n) is 7.57. The number of hydrogen-bond donors (Lipinski definition) is 1. The summed E-state index contributed by atoms with van der Waals surface area (Å²) in [5, 5.41) is 3.91. The Kier molecular flexibility index (Phi) is 2.79. The van der Waals surface area contributed by atoms with E-state index in [2.05, 4.69) is 31.0 Å². The van der Waals surface area contributed by atoms with Gasteiger partial charge in [-0.1, -0.05) is 26.7 Å². The molecule has 2 saturated carbocycles. The van der Waals surface area contributed by atoms with E-state index in [9.17, 15) is 0 Å². The van der Waals surface area contributed by atoms with Gasteiger partial charge in [-0.2, -0.15) is 0 Å². The minimum Gasteiger partial charge on any atom is -0.308 e. The average molecular weight is 236 g/mol. The minimum atomic E-state index is 0.483. The van der Waals surface area contributed by atoms with Crippen LogP contribution in [0.25, 0.3) is 0 Å². The van der Waals surface area contributed by atoms with Crippen LogP contribution >= 0.6 is 0 Å². The molecule has 3 fully saturated rings. The van der Waals surface area contributed by atoms with Gasteiger partial charge in [-0.3, -0.25) is 4.90 Å². The van der Waals surface area contributed by atoms with E-state index >= 15 is 0 Å². The molecule has 17 heavy (non-hydrogen) atoms. The summed E-state index contributed by atoms with van der Waals surface area (Å²) in [4.78, 5) is 2.87. The maximum Gasteiger partial charge on any atom is 0.0309 e. The predicted octanol–water partition coefficient (Wildman–Crippen LogP) is 2.78. The molecule has 1 aliphatic heterocycles. The molecule has 1 atom stereocenters. The molecule has 3 aliphatic rings. The number of piperazine rings is 1. The Labute approximate surface area is 106 Å². The smallest absolute Gasteiger partial charge is 0.0309 e. The second kappa shape index (κ2) is 3.96. The molecule has 98 valence electrons. The fraction of sp³-hybridized carbons (Fsp3) is 1.00. The highest BCUT2D eigenvalue weighted by Crippen LogP contribution is 2.46. The number of rotatable bonds is 2. The molecule has 0 radical (unpaired) electrons. The van der Waals surface area contributed by atoms with Gasteiger partial charge in [-0.05, 0) is 38.5 Å². The van der Waals surface area contributed by atoms with Crippen LogP contribution < -0.4 is 5.32 Å². The van der Waals surface area contributed by atoms with Gasteiger partial charge >= 0.3 is 0 Å². The molecule has 1 spiro atoms. The van der Waals surface area contributed by atoms with Gasteiger partial charge in [0.1, 0.15) is 0 Å². The van der Waals surface area contributed by atoms with Crippen molar-refractivity contribution < 1.29 is 0 Å². The van der Waals surface area contributed by atoms with Gasteiger partial charge in [-0.25, -0.2) is 0 Å². The van der Waals surface area contributed by atoms with E-state index in [0.717, 1.165) is 12.0 Å². The molecule has 0 aromatic heterocycles. The maximum atomic E-state index is 3.91. The fourth-order valence-corrected chi connectivity index (χ4v) is 3.97. The normalized spacial score (nSPS) is 35.6. The largest absolute Gasteiger partial charge is 0.308 e. The molecule has 0 bridgehead atoms. The number of nitrogens with zero attached hydrogens (tertiary/aromatic N) is 1. The SMILES string of the molecule is CC(C)C1CNC2(CCCC2)CN1C1(C)CC1. The van der Waals surface area contributed by atoms with E-state index in [0.29, 0.717) is 11.1 Å². The van der Waals surface area contributed by atoms with Crippen LogP contribution in [-0.2, 0) is 0 Å². The third kappa shape index (κ3) is 2.04. The van der Waals surface area contributed by atoms with Crippen molar-refractivity contribution in [1.29, 1.82) is 0 Å². The Hall–Kier alpha value is -0.0800. The second-order valence-corrected chi connectivity index (χ2v) is 7.30. The van der Waals surface area contributed by atoms with E-state index < -0.39 is 0 Å². The average Bonchev–Trinajstić information content (AvgIpc) is 2.89. The van der Waals surface area contributed by atoms with Crippen LogP contribution in [0.1, 0.15) is 59.3 Å². The Morgan fingerprint density at radius 3 is 2.29 bits per heavy atom. The van der Waals surface area contributed by atoms with Crippen LogP contribution in [0, 0.1) is 5.92 Å². The van der Waals surface area contributed by atoms with Crippen molar-refractivity contribution in [3.63, 3.8) is 0 Å². The lowest BCUT2D eigenvalue weighted by molar-refractivity contribution is 0.0174. The topological polar surface area (TPSA) is 15.3 Å². The zero-order valence-electron chi connectivity index (χ0n) is 11.8. The molecule has 3 rings (SSSR count). The lowest BCUT2D eigenvalue weighted by atomic mass is 9.87. The second-order valence-electron chi connectivity index (χ2n) is 7.30. The summed E-state index contributed by atoms with van der Waals surface area (Å²) in [7, 11) is 0. The van der Waals surface area contributed by atoms with Crippen molar-refractivity contribution in [1.82, 2.24) is 10.2 Å². The van der Waals surface area contributed by atoms with E-state index in [-0.39, 0.29) is 0 Å². The standard InChI is InChI=1S/C15H28N2/c1-12(2)13-10-16-15(6-4-5-7-15)11-17(13)14(3)8-9-14/h12-13,16H,4-11H2,1-3H3. The number of nitrogens with one attached hydrogen (secondary N) is 1. The summed E-state index contributed by atoms with van der Waals surface area (Å²) in [6.45, 7) is 9.78. The lowest BCUT2D eigenvalue weighted by Crippen LogP contribution is -2.66. The first-order chi connectivity index (χ1) is 8.05. The van der Waals surface area contributed by atoms with Crippen LogP contribution in [0.2, 0.25) is 0 Å². The monoisotopic (exact) mass is 236 g/mol. The van der Waals surface area contributed by atoms with Gasteiger partial charge in [-0.15, -0.1) is 0 Å². The quantitative estimate of drug-likeness (QED) is 0.793. The van der Waals surface area contributed by atoms with E-state index in [1.165, 1.54) is 51.6 Å². The summed E-state index contributed by atoms with van der Waals surface area (Å²) < 4.78 is 0. The summed E-state index contributed by atoms with van der Waals surface area (Å²) >= 11 is 0. The molecule has 2 aliphatic carbocycles. The van der Waals surface area contributed by atoms with Crippen LogP contribution in [-0.4, -0.2) is 35.1 Å². The van der Waals surface area contributed by atoms with E-state index in [1.54, 1.807) is 0 Å². The van der Waals surface area contributed by atoms with Gasteiger partial charge in [0.05, 0.1) is 0 Å². The first kappa shape index (κ1) is 12.0. The van der Waals surface area contributed by atoms with Crippen molar-refractivity contribution in [2.24, 2.45) is 5.92 Å². The lowest BCUT2D eigenvalue weighted by Gasteiger charge is -2.50. The molecule has 1 saturated heterocycles. The molecular weight excluding hydrogens is 208 g/mol. The van der Waals surface area contributed by atoms with Crippen LogP contribution in [0.15, 0.2) is 0 Å². The molecule has 0 amide bonds. The highest BCUT2D eigenvalue weighted by atomic mass is 15.3. The Balaban J connectivity index is 1.78. The molecular formula is C15H28N2. The highest BCUT2D eigenvalue weighted by Gasteiger charge is 2.52. The zero-order valence-corrected chi connectivity index (χ0v) is 11.8. The van der Waals surface area contributed by atoms with Crippen molar-refractivity contribution in [2.75, 3.05) is 13.1 Å². The van der Waals surface area contributed by atoms with E-state index in [1.807, 2.05) is 0 Å². The van der Waals surface area contributed by atoms with Crippen molar-refractivity contribution in [2.45, 2.75) is 76.4 Å². The fourth-order valence-electron chi connectivity index (χ4n) is 3.97. The van der Waals surface area contributed by atoms with Gasteiger partial charge < -0.3 is 5.32 Å². The molecule has 0 aromatic rings. The maximum absolute atomic E-state index is 3.91. The molecule has 2 nitrogen and oxygen atoms in total. The molecule has 0 aromatic carbocycles. The van der Waals surface area contributed by atoms with Crippen molar-refractivity contribution in [3.05, 3.63) is 0 Å². The number of hydrogen-bond acceptors (Lipinski definition) is 2. The molecule has 1 unspecified atom stereocenters. The zero-order chi connectivity index (χ0) is 12.1. The van der Waals surface area contributed by atoms with Gasteiger partial charge in [0.25, 0.3) is 0 Å². The van der Waals surface area contributed by atoms with Gasteiger partial charge in [0, 0.05) is 30.2 Å². The summed E-state index contributed by atoms with van der Waals surface area (Å²) in [6.07, 6.45) is 8.53. The first-order valence-corrected chi connectivity index (χ1v) is 7.57. The minimum absolute atomic E-state index is 0.483. The Bertz CT molecular complexity index is 287. The molecule has 1 N–H and O–H groups in total. The molecule has 1 heterocycles. The Morgan fingerprint density at radius 1 is 1.12 bits per heavy atom. The van der Waals surface area contributed by atoms with E-state index in [4.69, 9.17) is 0 Å². The van der Waals surface area contributed by atoms with Crippen LogP contribution in [0.5, 0.6) is 0 Å². The summed E-state index contributed by atoms with van der Waals surface area (Å²) in [6, 6.07) is 0.758. The van der Waals surface area contributed by atoms with Crippen LogP contribution in [0.4, 0.5) is 0 Å². The predicted molar refractivity (Wildman–Crippen MR) is 72.2 cm³/mol. The Morgan fingerprint density at radius 2 is 1.76 bits per heavy atom. The summed E-state index contributed by atoms with van der Waals surface area (Å²) in [5.41, 5.74) is 1.03. The van der Waals surface area contributed by atoms with Gasteiger partial charge in [0.2, 0.25) is 0 Å². The summed E-state index contributed by atoms with van der Waals surface area (Å²) in [5.74, 6) is 0.777. The third-order valence-corrected chi connectivity index (χ3v) is 5.56. The van der Waals surface area contributed by atoms with Gasteiger partial charge in [0.15, 0.2) is 0 Å². The highest BCUT2D eigenvalue weighted by molar-refractivity contribution is 5.10. The third-order valence-electron chi connectivity index (χ3n) is 5.56. The van der Waals surface area contributed by atoms with Crippen LogP contribution in [0.3, 0.4) is 0 Å². The molecule has 2 heteroatoms. The van der Waals surface area contributed by atoms with Crippen molar-refractivity contribution >= 4 is 0 Å².